The number of aromatic nitrogens is 1. The summed E-state index contributed by atoms with van der Waals surface area (Å²) in [7, 11) is 0. The zero-order valence-corrected chi connectivity index (χ0v) is 8.81. The van der Waals surface area contributed by atoms with E-state index in [1.54, 1.807) is 0 Å². The first-order valence-corrected chi connectivity index (χ1v) is 5.88. The first-order valence-electron chi connectivity index (χ1n) is 5.00. The average molecular weight is 196 g/mol. The van der Waals surface area contributed by atoms with E-state index < -0.39 is 0 Å². The predicted molar refractivity (Wildman–Crippen MR) is 56.2 cm³/mol. The molecule has 0 spiro atoms. The highest BCUT2D eigenvalue weighted by atomic mass is 32.1. The van der Waals surface area contributed by atoms with Gasteiger partial charge in [-0.15, -0.1) is 11.3 Å². The van der Waals surface area contributed by atoms with Crippen LogP contribution in [0.2, 0.25) is 0 Å². The molecule has 13 heavy (non-hydrogen) atoms. The molecular formula is C10H16N2S. The summed E-state index contributed by atoms with van der Waals surface area (Å²) in [5, 5.41) is 3.52. The van der Waals surface area contributed by atoms with Gasteiger partial charge in [0, 0.05) is 23.8 Å². The summed E-state index contributed by atoms with van der Waals surface area (Å²) in [5.74, 6) is 1.26. The molecule has 2 nitrogen and oxygen atoms in total. The molecule has 0 bridgehead atoms. The summed E-state index contributed by atoms with van der Waals surface area (Å²) in [4.78, 5) is 4.65. The fraction of sp³-hybridized carbons (Fsp3) is 0.700. The van der Waals surface area contributed by atoms with Crippen molar-refractivity contribution in [1.82, 2.24) is 4.98 Å². The van der Waals surface area contributed by atoms with Gasteiger partial charge in [-0.2, -0.15) is 0 Å². The lowest BCUT2D eigenvalue weighted by Crippen LogP contribution is -2.11. The van der Waals surface area contributed by atoms with Crippen molar-refractivity contribution in [3.8, 4) is 0 Å². The molecule has 1 heterocycles. The maximum atomic E-state index is 5.68. The van der Waals surface area contributed by atoms with E-state index in [-0.39, 0.29) is 0 Å². The van der Waals surface area contributed by atoms with Gasteiger partial charge in [-0.25, -0.2) is 4.98 Å². The molecule has 1 aromatic heterocycles. The van der Waals surface area contributed by atoms with Crippen LogP contribution >= 0.6 is 11.3 Å². The Balaban J connectivity index is 2.10. The topological polar surface area (TPSA) is 38.9 Å². The Kier molecular flexibility index (Phi) is 2.65. The summed E-state index contributed by atoms with van der Waals surface area (Å²) in [6, 6.07) is 0. The number of thiazole rings is 1. The molecule has 1 atom stereocenters. The largest absolute Gasteiger partial charge is 0.330 e. The van der Waals surface area contributed by atoms with Gasteiger partial charge in [0.1, 0.15) is 0 Å². The number of hydrogen-bond donors (Lipinski definition) is 1. The lowest BCUT2D eigenvalue weighted by atomic mass is 10.0. The SMILES string of the molecule is CCC(CN)c1csc(C2CC2)n1. The molecule has 2 rings (SSSR count). The van der Waals surface area contributed by atoms with Gasteiger partial charge in [0.05, 0.1) is 10.7 Å². The van der Waals surface area contributed by atoms with Crippen molar-refractivity contribution in [2.75, 3.05) is 6.54 Å². The Morgan fingerprint density at radius 3 is 3.00 bits per heavy atom. The fourth-order valence-corrected chi connectivity index (χ4v) is 2.58. The number of hydrogen-bond acceptors (Lipinski definition) is 3. The molecule has 3 heteroatoms. The van der Waals surface area contributed by atoms with Crippen LogP contribution in [0, 0.1) is 0 Å². The first kappa shape index (κ1) is 9.16. The van der Waals surface area contributed by atoms with E-state index in [0.29, 0.717) is 5.92 Å². The van der Waals surface area contributed by atoms with Gasteiger partial charge in [-0.1, -0.05) is 6.92 Å². The lowest BCUT2D eigenvalue weighted by Gasteiger charge is -2.07. The number of nitrogens with two attached hydrogens (primary N) is 1. The molecule has 1 saturated carbocycles. The smallest absolute Gasteiger partial charge is 0.0959 e. The van der Waals surface area contributed by atoms with E-state index in [9.17, 15) is 0 Å². The van der Waals surface area contributed by atoms with Gasteiger partial charge in [-0.05, 0) is 19.3 Å². The van der Waals surface area contributed by atoms with Crippen molar-refractivity contribution >= 4 is 11.3 Å². The molecule has 1 aromatic rings. The highest BCUT2D eigenvalue weighted by Gasteiger charge is 2.27. The van der Waals surface area contributed by atoms with E-state index in [1.807, 2.05) is 11.3 Å². The van der Waals surface area contributed by atoms with Gasteiger partial charge in [0.15, 0.2) is 0 Å². The maximum Gasteiger partial charge on any atom is 0.0959 e. The third-order valence-electron chi connectivity index (χ3n) is 2.66. The molecular weight excluding hydrogens is 180 g/mol. The number of nitrogens with zero attached hydrogens (tertiary/aromatic N) is 1. The molecule has 1 fully saturated rings. The van der Waals surface area contributed by atoms with E-state index in [1.165, 1.54) is 23.5 Å². The van der Waals surface area contributed by atoms with Crippen LogP contribution in [0.4, 0.5) is 0 Å². The minimum atomic E-state index is 0.476. The summed E-state index contributed by atoms with van der Waals surface area (Å²) in [6.07, 6.45) is 3.78. The Bertz CT molecular complexity index is 274. The van der Waals surface area contributed by atoms with E-state index >= 15 is 0 Å². The first-order chi connectivity index (χ1) is 6.35. The Hall–Kier alpha value is -0.410. The van der Waals surface area contributed by atoms with Gasteiger partial charge in [-0.3, -0.25) is 0 Å². The van der Waals surface area contributed by atoms with Crippen LogP contribution in [0.3, 0.4) is 0 Å². The molecule has 0 aliphatic heterocycles. The minimum absolute atomic E-state index is 0.476. The van der Waals surface area contributed by atoms with Crippen LogP contribution in [-0.4, -0.2) is 11.5 Å². The Morgan fingerprint density at radius 2 is 2.46 bits per heavy atom. The monoisotopic (exact) mass is 196 g/mol. The third kappa shape index (κ3) is 1.92. The standard InChI is InChI=1S/C10H16N2S/c1-2-7(5-11)9-6-13-10(12-9)8-3-4-8/h6-8H,2-5,11H2,1H3. The maximum absolute atomic E-state index is 5.68. The molecule has 2 N–H and O–H groups in total. The third-order valence-corrected chi connectivity index (χ3v) is 3.69. The highest BCUT2D eigenvalue weighted by Crippen LogP contribution is 2.42. The van der Waals surface area contributed by atoms with Crippen molar-refractivity contribution in [2.24, 2.45) is 5.73 Å². The van der Waals surface area contributed by atoms with Gasteiger partial charge in [0.25, 0.3) is 0 Å². The predicted octanol–water partition coefficient (Wildman–Crippen LogP) is 2.47. The second-order valence-electron chi connectivity index (χ2n) is 3.73. The molecule has 0 aromatic carbocycles. The normalized spacial score (nSPS) is 18.9. The van der Waals surface area contributed by atoms with Crippen molar-refractivity contribution in [1.29, 1.82) is 0 Å². The molecule has 1 aliphatic carbocycles. The van der Waals surface area contributed by atoms with Crippen LogP contribution in [-0.2, 0) is 0 Å². The van der Waals surface area contributed by atoms with Crippen molar-refractivity contribution in [3.63, 3.8) is 0 Å². The van der Waals surface area contributed by atoms with Crippen molar-refractivity contribution < 1.29 is 0 Å². The molecule has 1 aliphatic rings. The van der Waals surface area contributed by atoms with Crippen LogP contribution in [0.5, 0.6) is 0 Å². The van der Waals surface area contributed by atoms with Crippen molar-refractivity contribution in [2.45, 2.75) is 38.0 Å². The van der Waals surface area contributed by atoms with E-state index in [0.717, 1.165) is 18.9 Å². The van der Waals surface area contributed by atoms with Gasteiger partial charge < -0.3 is 5.73 Å². The minimum Gasteiger partial charge on any atom is -0.330 e. The zero-order valence-electron chi connectivity index (χ0n) is 7.99. The van der Waals surface area contributed by atoms with Crippen LogP contribution in [0.15, 0.2) is 5.38 Å². The summed E-state index contributed by atoms with van der Waals surface area (Å²) >= 11 is 1.81. The van der Waals surface area contributed by atoms with Crippen LogP contribution in [0.25, 0.3) is 0 Å². The summed E-state index contributed by atoms with van der Waals surface area (Å²) in [5.41, 5.74) is 6.90. The fourth-order valence-electron chi connectivity index (χ4n) is 1.50. The van der Waals surface area contributed by atoms with E-state index in [4.69, 9.17) is 5.73 Å². The molecule has 1 unspecified atom stereocenters. The number of rotatable bonds is 4. The quantitative estimate of drug-likeness (QED) is 0.803. The second kappa shape index (κ2) is 3.76. The second-order valence-corrected chi connectivity index (χ2v) is 4.62. The Labute approximate surface area is 83.2 Å². The molecule has 0 saturated heterocycles. The van der Waals surface area contributed by atoms with Gasteiger partial charge >= 0.3 is 0 Å². The summed E-state index contributed by atoms with van der Waals surface area (Å²) in [6.45, 7) is 2.90. The average Bonchev–Trinajstić information content (AvgIpc) is 2.89. The molecule has 0 amide bonds. The van der Waals surface area contributed by atoms with Crippen LogP contribution in [0.1, 0.15) is 48.7 Å². The van der Waals surface area contributed by atoms with E-state index in [2.05, 4.69) is 17.3 Å². The van der Waals surface area contributed by atoms with Crippen molar-refractivity contribution in [3.05, 3.63) is 16.1 Å². The molecule has 0 radical (unpaired) electrons. The molecule has 72 valence electrons. The van der Waals surface area contributed by atoms with Gasteiger partial charge in [0.2, 0.25) is 0 Å². The Morgan fingerprint density at radius 1 is 1.69 bits per heavy atom. The van der Waals surface area contributed by atoms with Crippen LogP contribution < -0.4 is 5.73 Å². The zero-order chi connectivity index (χ0) is 9.26. The lowest BCUT2D eigenvalue weighted by molar-refractivity contribution is 0.656. The highest BCUT2D eigenvalue weighted by molar-refractivity contribution is 7.09. The summed E-state index contributed by atoms with van der Waals surface area (Å²) < 4.78 is 0.